The van der Waals surface area contributed by atoms with E-state index in [2.05, 4.69) is 17.6 Å². The fraction of sp³-hybridized carbons (Fsp3) is 0.581. The standard InChI is InChI=1S/C31H41FN4O6/c1-6-7-8-9-10-34-14-21(37)35-20-13-19(32)17-11-16-12-18-25(36(4)5)15(2)22(30(33)42)28(40)31(18,3)29(41)23(16)27(39)24(17)26(20)38/h13,16,18,23,25,34,38H,6-12,14H2,1-5H3,(H2,33,42)(H,35,37). The van der Waals surface area contributed by atoms with Crippen LogP contribution >= 0.6 is 0 Å². The van der Waals surface area contributed by atoms with E-state index in [-0.39, 0.29) is 41.8 Å². The van der Waals surface area contributed by atoms with E-state index in [1.165, 1.54) is 6.92 Å². The Morgan fingerprint density at radius 1 is 1.19 bits per heavy atom. The summed E-state index contributed by atoms with van der Waals surface area (Å²) in [7, 11) is 3.55. The number of halogens is 1. The van der Waals surface area contributed by atoms with Crippen molar-refractivity contribution in [2.24, 2.45) is 28.9 Å². The van der Waals surface area contributed by atoms with Gasteiger partial charge in [0.1, 0.15) is 11.6 Å². The minimum absolute atomic E-state index is 0.00320. The zero-order valence-electron chi connectivity index (χ0n) is 24.9. The smallest absolute Gasteiger partial charge is 0.252 e. The average molecular weight is 585 g/mol. The highest BCUT2D eigenvalue weighted by molar-refractivity contribution is 6.31. The Morgan fingerprint density at radius 3 is 2.50 bits per heavy atom. The number of aromatic hydroxyl groups is 1. The van der Waals surface area contributed by atoms with Gasteiger partial charge < -0.3 is 26.4 Å². The van der Waals surface area contributed by atoms with E-state index in [9.17, 15) is 29.1 Å². The van der Waals surface area contributed by atoms with Crippen LogP contribution in [0, 0.1) is 29.0 Å². The minimum atomic E-state index is -1.71. The summed E-state index contributed by atoms with van der Waals surface area (Å²) < 4.78 is 15.5. The number of phenolic OH excluding ortho intramolecular Hbond substituents is 1. The SMILES string of the molecule is CCCCCCNCC(=O)Nc1cc(F)c2c(c1O)C(=O)C1C(=O)C3(C)C(=O)C(C(N)=O)=C(C)C(N(C)C)C3CC1C2. The second-order valence-corrected chi connectivity index (χ2v) is 12.3. The maximum absolute atomic E-state index is 15.5. The first kappa shape index (κ1) is 31.5. The fourth-order valence-electron chi connectivity index (χ4n) is 7.35. The van der Waals surface area contributed by atoms with Crippen molar-refractivity contribution in [2.45, 2.75) is 65.3 Å². The molecule has 10 nitrogen and oxygen atoms in total. The molecule has 5 N–H and O–H groups in total. The number of benzene rings is 1. The zero-order valence-corrected chi connectivity index (χ0v) is 24.9. The van der Waals surface area contributed by atoms with Crippen LogP contribution in [0.2, 0.25) is 0 Å². The summed E-state index contributed by atoms with van der Waals surface area (Å²) in [6, 6.07) is 0.516. The fourth-order valence-corrected chi connectivity index (χ4v) is 7.35. The molecule has 0 aliphatic heterocycles. The predicted octanol–water partition coefficient (Wildman–Crippen LogP) is 2.52. The predicted molar refractivity (Wildman–Crippen MR) is 154 cm³/mol. The Hall–Kier alpha value is -3.44. The Morgan fingerprint density at radius 2 is 1.88 bits per heavy atom. The third-order valence-electron chi connectivity index (χ3n) is 9.40. The molecule has 5 atom stereocenters. The summed E-state index contributed by atoms with van der Waals surface area (Å²) in [4.78, 5) is 68.4. The number of ketones is 3. The molecule has 1 saturated carbocycles. The number of amides is 2. The van der Waals surface area contributed by atoms with Crippen LogP contribution in [0.3, 0.4) is 0 Å². The van der Waals surface area contributed by atoms with Crippen molar-refractivity contribution in [1.29, 1.82) is 0 Å². The van der Waals surface area contributed by atoms with Crippen molar-refractivity contribution in [2.75, 3.05) is 32.5 Å². The van der Waals surface area contributed by atoms with Crippen LogP contribution in [-0.4, -0.2) is 72.4 Å². The van der Waals surface area contributed by atoms with Gasteiger partial charge in [0.25, 0.3) is 5.91 Å². The number of phenols is 1. The van der Waals surface area contributed by atoms with Gasteiger partial charge in [-0.25, -0.2) is 4.39 Å². The highest BCUT2D eigenvalue weighted by atomic mass is 19.1. The van der Waals surface area contributed by atoms with Crippen LogP contribution < -0.4 is 16.4 Å². The number of hydrogen-bond acceptors (Lipinski definition) is 8. The third-order valence-corrected chi connectivity index (χ3v) is 9.40. The van der Waals surface area contributed by atoms with E-state index >= 15 is 4.39 Å². The van der Waals surface area contributed by atoms with Crippen molar-refractivity contribution >= 4 is 34.9 Å². The summed E-state index contributed by atoms with van der Waals surface area (Å²) >= 11 is 0. The number of nitrogens with zero attached hydrogens (tertiary/aromatic N) is 1. The Bertz CT molecular complexity index is 1370. The molecular formula is C31H41FN4O6. The number of anilines is 1. The number of carbonyl (C=O) groups excluding carboxylic acids is 5. The quantitative estimate of drug-likeness (QED) is 0.141. The molecule has 0 bridgehead atoms. The lowest BCUT2D eigenvalue weighted by Gasteiger charge is -2.53. The highest BCUT2D eigenvalue weighted by Gasteiger charge is 2.64. The molecular weight excluding hydrogens is 543 g/mol. The van der Waals surface area contributed by atoms with E-state index in [1.54, 1.807) is 21.0 Å². The maximum Gasteiger partial charge on any atom is 0.252 e. The van der Waals surface area contributed by atoms with E-state index in [4.69, 9.17) is 5.73 Å². The van der Waals surface area contributed by atoms with Gasteiger partial charge in [-0.2, -0.15) is 0 Å². The highest BCUT2D eigenvalue weighted by Crippen LogP contribution is 2.55. The van der Waals surface area contributed by atoms with Gasteiger partial charge in [-0.05, 0) is 71.2 Å². The Labute approximate surface area is 245 Å². The van der Waals surface area contributed by atoms with Gasteiger partial charge in [-0.15, -0.1) is 0 Å². The van der Waals surface area contributed by atoms with Crippen molar-refractivity contribution in [3.8, 4) is 5.75 Å². The molecule has 5 unspecified atom stereocenters. The molecule has 42 heavy (non-hydrogen) atoms. The van der Waals surface area contributed by atoms with Crippen LogP contribution in [0.4, 0.5) is 10.1 Å². The lowest BCUT2D eigenvalue weighted by atomic mass is 9.49. The third kappa shape index (κ3) is 5.17. The van der Waals surface area contributed by atoms with Gasteiger partial charge in [0, 0.05) is 17.7 Å². The number of unbranched alkanes of at least 4 members (excludes halogenated alkanes) is 3. The van der Waals surface area contributed by atoms with E-state index in [0.717, 1.165) is 31.7 Å². The second kappa shape index (κ2) is 12.0. The summed E-state index contributed by atoms with van der Waals surface area (Å²) in [6.07, 6.45) is 4.37. The number of likely N-dealkylation sites (N-methyl/N-ethyl adjacent to an activating group) is 1. The Balaban J connectivity index is 1.65. The van der Waals surface area contributed by atoms with Crippen LogP contribution in [-0.2, 0) is 25.6 Å². The number of primary amides is 1. The molecule has 1 fully saturated rings. The zero-order chi connectivity index (χ0) is 31.1. The first-order chi connectivity index (χ1) is 19.8. The molecule has 3 aliphatic rings. The summed E-state index contributed by atoms with van der Waals surface area (Å²) in [5.41, 5.74) is 3.46. The van der Waals surface area contributed by atoms with Crippen LogP contribution in [0.5, 0.6) is 5.75 Å². The van der Waals surface area contributed by atoms with E-state index in [1.807, 2.05) is 4.90 Å². The summed E-state index contributed by atoms with van der Waals surface area (Å²) in [6.45, 7) is 5.77. The number of carbonyl (C=O) groups is 5. The molecule has 1 aromatic rings. The number of nitrogens with two attached hydrogens (primary N) is 1. The van der Waals surface area contributed by atoms with Gasteiger partial charge in [0.2, 0.25) is 5.91 Å². The van der Waals surface area contributed by atoms with Crippen molar-refractivity contribution in [3.05, 3.63) is 34.2 Å². The van der Waals surface area contributed by atoms with Gasteiger partial charge in [-0.1, -0.05) is 26.2 Å². The molecule has 0 spiro atoms. The first-order valence-electron chi connectivity index (χ1n) is 14.6. The number of rotatable bonds is 10. The second-order valence-electron chi connectivity index (χ2n) is 12.3. The van der Waals surface area contributed by atoms with Gasteiger partial charge in [-0.3, -0.25) is 24.0 Å². The normalized spacial score (nSPS) is 27.1. The molecule has 0 radical (unpaired) electrons. The van der Waals surface area contributed by atoms with E-state index < -0.39 is 69.9 Å². The molecule has 3 aliphatic carbocycles. The molecule has 2 amide bonds. The lowest BCUT2D eigenvalue weighted by Crippen LogP contribution is -2.64. The van der Waals surface area contributed by atoms with E-state index in [0.29, 0.717) is 12.1 Å². The first-order valence-corrected chi connectivity index (χ1v) is 14.6. The largest absolute Gasteiger partial charge is 0.505 e. The monoisotopic (exact) mass is 584 g/mol. The lowest BCUT2D eigenvalue weighted by molar-refractivity contribution is -0.152. The molecule has 0 aromatic heterocycles. The number of hydrogen-bond donors (Lipinski definition) is 4. The van der Waals surface area contributed by atoms with Crippen LogP contribution in [0.25, 0.3) is 0 Å². The summed E-state index contributed by atoms with van der Waals surface area (Å²) in [5.74, 6) is -7.51. The summed E-state index contributed by atoms with van der Waals surface area (Å²) in [5, 5.41) is 16.5. The van der Waals surface area contributed by atoms with Crippen molar-refractivity contribution in [3.63, 3.8) is 0 Å². The number of Topliss-reactive ketones (excluding diaryl/α,β-unsaturated/α-hetero) is 3. The maximum atomic E-state index is 15.5. The molecule has 228 valence electrons. The number of fused-ring (bicyclic) bond motifs is 3. The molecule has 11 heteroatoms. The Kier molecular flexibility index (Phi) is 9.03. The molecule has 0 heterocycles. The average Bonchev–Trinajstić information content (AvgIpc) is 2.90. The van der Waals surface area contributed by atoms with Gasteiger partial charge in [0.15, 0.2) is 17.3 Å². The van der Waals surface area contributed by atoms with Gasteiger partial charge >= 0.3 is 0 Å². The van der Waals surface area contributed by atoms with Gasteiger partial charge in [0.05, 0.1) is 34.7 Å². The molecule has 0 saturated heterocycles. The van der Waals surface area contributed by atoms with Crippen molar-refractivity contribution in [1.82, 2.24) is 10.2 Å². The number of nitrogens with one attached hydrogen (secondary N) is 2. The molecule has 4 rings (SSSR count). The molecule has 1 aromatic carbocycles. The van der Waals surface area contributed by atoms with Crippen LogP contribution in [0.15, 0.2) is 17.2 Å². The minimum Gasteiger partial charge on any atom is -0.505 e. The van der Waals surface area contributed by atoms with Crippen LogP contribution in [0.1, 0.15) is 68.8 Å². The van der Waals surface area contributed by atoms with Crippen molar-refractivity contribution < 1.29 is 33.5 Å². The topological polar surface area (TPSA) is 159 Å².